The van der Waals surface area contributed by atoms with Crippen molar-refractivity contribution in [3.8, 4) is 12.3 Å². The van der Waals surface area contributed by atoms with Crippen molar-refractivity contribution < 1.29 is 23.9 Å². The fourth-order valence-corrected chi connectivity index (χ4v) is 5.14. The zero-order chi connectivity index (χ0) is 23.5. The van der Waals surface area contributed by atoms with Crippen LogP contribution in [0.1, 0.15) is 30.0 Å². The zero-order valence-electron chi connectivity index (χ0n) is 18.6. The van der Waals surface area contributed by atoms with Crippen LogP contribution in [0.25, 0.3) is 0 Å². The number of hydrogen-bond donors (Lipinski definition) is 0. The molecule has 0 saturated carbocycles. The molecule has 2 aromatic carbocycles. The van der Waals surface area contributed by atoms with Gasteiger partial charge in [0.1, 0.15) is 12.6 Å². The van der Waals surface area contributed by atoms with Crippen LogP contribution < -0.4 is 4.90 Å². The van der Waals surface area contributed by atoms with Crippen LogP contribution in [0.15, 0.2) is 54.6 Å². The van der Waals surface area contributed by atoms with Crippen molar-refractivity contribution in [2.75, 3.05) is 31.8 Å². The molecule has 7 heteroatoms. The van der Waals surface area contributed by atoms with E-state index in [1.54, 1.807) is 6.92 Å². The number of nitrogens with zero attached hydrogens (tertiary/aromatic N) is 2. The zero-order valence-corrected chi connectivity index (χ0v) is 18.6. The first-order chi connectivity index (χ1) is 16.0. The van der Waals surface area contributed by atoms with E-state index in [4.69, 9.17) is 15.9 Å². The number of carbonyl (C=O) groups is 3. The van der Waals surface area contributed by atoms with Crippen molar-refractivity contribution in [1.29, 1.82) is 0 Å². The largest absolute Gasteiger partial charge is 0.466 e. The second kappa shape index (κ2) is 9.47. The van der Waals surface area contributed by atoms with Gasteiger partial charge in [-0.15, -0.1) is 6.42 Å². The number of methoxy groups -OCH3 is 1. The molecule has 2 heterocycles. The average Bonchev–Trinajstić information content (AvgIpc) is 3.19. The van der Waals surface area contributed by atoms with Crippen LogP contribution in [0.4, 0.5) is 5.69 Å². The van der Waals surface area contributed by atoms with Crippen LogP contribution >= 0.6 is 0 Å². The number of fused-ring (bicyclic) bond motifs is 3. The van der Waals surface area contributed by atoms with Gasteiger partial charge in [0.05, 0.1) is 25.1 Å². The van der Waals surface area contributed by atoms with Crippen molar-refractivity contribution in [3.63, 3.8) is 0 Å². The third-order valence-electron chi connectivity index (χ3n) is 6.28. The quantitative estimate of drug-likeness (QED) is 0.504. The first-order valence-corrected chi connectivity index (χ1v) is 10.9. The molecule has 1 saturated heterocycles. The van der Waals surface area contributed by atoms with E-state index >= 15 is 0 Å². The number of carbonyl (C=O) groups excluding carboxylic acids is 3. The van der Waals surface area contributed by atoms with Gasteiger partial charge in [0.15, 0.2) is 0 Å². The van der Waals surface area contributed by atoms with Crippen LogP contribution in [0.2, 0.25) is 0 Å². The molecule has 0 spiro atoms. The molecular formula is C26H26N2O5. The minimum Gasteiger partial charge on any atom is -0.466 e. The molecule has 2 aliphatic heterocycles. The van der Waals surface area contributed by atoms with Crippen molar-refractivity contribution in [1.82, 2.24) is 4.90 Å². The number of anilines is 1. The molecule has 4 rings (SSSR count). The summed E-state index contributed by atoms with van der Waals surface area (Å²) in [5.41, 5.74) is 2.20. The summed E-state index contributed by atoms with van der Waals surface area (Å²) in [6, 6.07) is 15.1. The van der Waals surface area contributed by atoms with Crippen molar-refractivity contribution >= 4 is 23.5 Å². The molecule has 0 N–H and O–H groups in total. The van der Waals surface area contributed by atoms with Gasteiger partial charge in [-0.05, 0) is 24.1 Å². The van der Waals surface area contributed by atoms with Gasteiger partial charge in [-0.2, -0.15) is 0 Å². The monoisotopic (exact) mass is 446 g/mol. The maximum absolute atomic E-state index is 13.8. The molecule has 2 amide bonds. The predicted octanol–water partition coefficient (Wildman–Crippen LogP) is 2.53. The lowest BCUT2D eigenvalue weighted by molar-refractivity contribution is -0.150. The third kappa shape index (κ3) is 3.77. The highest BCUT2D eigenvalue weighted by atomic mass is 16.5. The van der Waals surface area contributed by atoms with Crippen molar-refractivity contribution in [2.45, 2.75) is 24.9 Å². The first-order valence-electron chi connectivity index (χ1n) is 10.9. The Balaban J connectivity index is 1.97. The number of amides is 2. The summed E-state index contributed by atoms with van der Waals surface area (Å²) < 4.78 is 10.6. The van der Waals surface area contributed by atoms with Gasteiger partial charge in [0.25, 0.3) is 5.91 Å². The van der Waals surface area contributed by atoms with E-state index in [2.05, 4.69) is 5.92 Å². The van der Waals surface area contributed by atoms with E-state index < -0.39 is 29.9 Å². The Kier molecular flexibility index (Phi) is 6.47. The average molecular weight is 447 g/mol. The molecule has 0 unspecified atom stereocenters. The highest BCUT2D eigenvalue weighted by Crippen LogP contribution is 2.54. The number of hydrogen-bond acceptors (Lipinski definition) is 5. The summed E-state index contributed by atoms with van der Waals surface area (Å²) in [4.78, 5) is 43.6. The van der Waals surface area contributed by atoms with Crippen molar-refractivity contribution in [2.24, 2.45) is 5.92 Å². The standard InChI is InChI=1S/C26H26N2O5/c1-4-15-27-19-14-10-9-13-18(19)21-22(26(31)33-5-2)23(17-11-7-6-8-12-17)28(20(29)16-32-3)24(21)25(27)30/h1,6-14,21-24H,5,15-16H2,2-3H3/t21-,22-,23-,24+/m1/s1. The Morgan fingerprint density at radius 1 is 1.06 bits per heavy atom. The van der Waals surface area contributed by atoms with Crippen LogP contribution in [0.5, 0.6) is 0 Å². The Hall–Kier alpha value is -3.63. The van der Waals surface area contributed by atoms with Gasteiger partial charge in [-0.3, -0.25) is 19.3 Å². The number of ether oxygens (including phenoxy) is 2. The Bertz CT molecular complexity index is 1090. The minimum absolute atomic E-state index is 0.0610. The Labute approximate surface area is 193 Å². The summed E-state index contributed by atoms with van der Waals surface area (Å²) in [5, 5.41) is 0. The Morgan fingerprint density at radius 2 is 1.76 bits per heavy atom. The maximum atomic E-state index is 13.8. The van der Waals surface area contributed by atoms with E-state index in [1.807, 2.05) is 54.6 Å². The number of likely N-dealkylation sites (tertiary alicyclic amines) is 1. The van der Waals surface area contributed by atoms with Gasteiger partial charge in [0.2, 0.25) is 5.91 Å². The predicted molar refractivity (Wildman–Crippen MR) is 122 cm³/mol. The number of terminal acetylenes is 1. The third-order valence-corrected chi connectivity index (χ3v) is 6.28. The van der Waals surface area contributed by atoms with Gasteiger partial charge in [-0.25, -0.2) is 0 Å². The van der Waals surface area contributed by atoms with Crippen LogP contribution in [0.3, 0.4) is 0 Å². The van der Waals surface area contributed by atoms with Crippen molar-refractivity contribution in [3.05, 3.63) is 65.7 Å². The fraction of sp³-hybridized carbons (Fsp3) is 0.346. The summed E-state index contributed by atoms with van der Waals surface area (Å²) in [7, 11) is 1.43. The molecule has 33 heavy (non-hydrogen) atoms. The molecule has 7 nitrogen and oxygen atoms in total. The summed E-state index contributed by atoms with van der Waals surface area (Å²) in [5.74, 6) is 0.0695. The van der Waals surface area contributed by atoms with E-state index in [0.29, 0.717) is 5.69 Å². The van der Waals surface area contributed by atoms with E-state index in [0.717, 1.165) is 11.1 Å². The molecule has 1 fully saturated rings. The molecule has 2 aliphatic rings. The second-order valence-corrected chi connectivity index (χ2v) is 8.03. The lowest BCUT2D eigenvalue weighted by atomic mass is 9.77. The lowest BCUT2D eigenvalue weighted by Crippen LogP contribution is -2.53. The highest BCUT2D eigenvalue weighted by molar-refractivity contribution is 6.05. The van der Waals surface area contributed by atoms with E-state index in [1.165, 1.54) is 16.9 Å². The number of rotatable bonds is 6. The number of benzene rings is 2. The van der Waals surface area contributed by atoms with Gasteiger partial charge < -0.3 is 14.4 Å². The molecule has 0 radical (unpaired) electrons. The maximum Gasteiger partial charge on any atom is 0.312 e. The fourth-order valence-electron chi connectivity index (χ4n) is 5.14. The lowest BCUT2D eigenvalue weighted by Gasteiger charge is -2.39. The van der Waals surface area contributed by atoms with Gasteiger partial charge in [-0.1, -0.05) is 54.5 Å². The highest BCUT2D eigenvalue weighted by Gasteiger charge is 2.61. The van der Waals surface area contributed by atoms with Gasteiger partial charge >= 0.3 is 5.97 Å². The van der Waals surface area contributed by atoms with Crippen LogP contribution in [-0.4, -0.2) is 55.6 Å². The van der Waals surface area contributed by atoms with E-state index in [9.17, 15) is 14.4 Å². The minimum atomic E-state index is -0.907. The normalized spacial score (nSPS) is 23.5. The van der Waals surface area contributed by atoms with Crippen LogP contribution in [0, 0.1) is 18.3 Å². The Morgan fingerprint density at radius 3 is 2.42 bits per heavy atom. The summed E-state index contributed by atoms with van der Waals surface area (Å²) in [6.07, 6.45) is 5.57. The molecule has 170 valence electrons. The number of para-hydroxylation sites is 1. The molecule has 0 aliphatic carbocycles. The molecular weight excluding hydrogens is 420 g/mol. The summed E-state index contributed by atoms with van der Waals surface area (Å²) >= 11 is 0. The second-order valence-electron chi connectivity index (χ2n) is 8.03. The SMILES string of the molecule is C#CCN1C(=O)[C@@H]2[C@H](c3ccccc31)[C@@H](C(=O)OCC)[C@@H](c1ccccc1)N2C(=O)COC. The molecule has 2 aromatic rings. The molecule has 0 aromatic heterocycles. The topological polar surface area (TPSA) is 76.2 Å². The summed E-state index contributed by atoms with van der Waals surface area (Å²) in [6.45, 7) is 1.78. The molecule has 0 bridgehead atoms. The first kappa shape index (κ1) is 22.6. The van der Waals surface area contributed by atoms with E-state index in [-0.39, 0.29) is 31.6 Å². The smallest absolute Gasteiger partial charge is 0.312 e. The molecule has 4 atom stereocenters. The number of esters is 1. The van der Waals surface area contributed by atoms with Gasteiger partial charge in [0, 0.05) is 18.7 Å². The van der Waals surface area contributed by atoms with Crippen LogP contribution in [-0.2, 0) is 23.9 Å².